The van der Waals surface area contributed by atoms with E-state index in [1.54, 1.807) is 72.8 Å². The van der Waals surface area contributed by atoms with Gasteiger partial charge in [-0.3, -0.25) is 0 Å². The van der Waals surface area contributed by atoms with Crippen LogP contribution in [0.5, 0.6) is 11.5 Å². The molecule has 36 heavy (non-hydrogen) atoms. The lowest BCUT2D eigenvalue weighted by atomic mass is 10.1. The van der Waals surface area contributed by atoms with Crippen molar-refractivity contribution in [1.29, 1.82) is 0 Å². The van der Waals surface area contributed by atoms with E-state index in [4.69, 9.17) is 13.8 Å². The monoisotopic (exact) mass is 505 g/mol. The van der Waals surface area contributed by atoms with Crippen LogP contribution in [0, 0.1) is 5.82 Å². The second kappa shape index (κ2) is 12.0. The lowest BCUT2D eigenvalue weighted by molar-refractivity contribution is 0.137. The second-order valence-electron chi connectivity index (χ2n) is 7.90. The summed E-state index contributed by atoms with van der Waals surface area (Å²) in [4.78, 5) is 12.8. The molecule has 0 saturated carbocycles. The molecule has 0 saturated heterocycles. The summed E-state index contributed by atoms with van der Waals surface area (Å²) in [5, 5.41) is 2.66. The van der Waals surface area contributed by atoms with Crippen LogP contribution in [0.15, 0.2) is 115 Å². The molecule has 6 nitrogen and oxygen atoms in total. The summed E-state index contributed by atoms with van der Waals surface area (Å²) in [6.07, 6.45) is -0.753. The Balaban J connectivity index is 1.62. The van der Waals surface area contributed by atoms with E-state index in [9.17, 15) is 13.8 Å². The predicted octanol–water partition coefficient (Wildman–Crippen LogP) is 6.97. The Morgan fingerprint density at radius 2 is 1.22 bits per heavy atom. The minimum Gasteiger partial charge on any atom is -0.445 e. The molecule has 0 aromatic heterocycles. The van der Waals surface area contributed by atoms with Crippen molar-refractivity contribution in [2.45, 2.75) is 18.8 Å². The normalized spacial score (nSPS) is 11.8. The summed E-state index contributed by atoms with van der Waals surface area (Å²) in [5.41, 5.74) is 1.42. The van der Waals surface area contributed by atoms with E-state index in [0.717, 1.165) is 5.56 Å². The zero-order chi connectivity index (χ0) is 25.2. The average Bonchev–Trinajstić information content (AvgIpc) is 2.90. The SMILES string of the molecule is O=C(NC(Cc1ccc(F)cc1)P(=O)(Oc1ccccc1)Oc1ccccc1)OCc1ccccc1. The molecule has 8 heteroatoms. The van der Waals surface area contributed by atoms with Crippen molar-refractivity contribution in [3.63, 3.8) is 0 Å². The minimum atomic E-state index is -4.11. The third-order valence-electron chi connectivity index (χ3n) is 5.17. The second-order valence-corrected chi connectivity index (χ2v) is 9.97. The topological polar surface area (TPSA) is 73.9 Å². The molecule has 4 aromatic rings. The molecule has 0 aliphatic heterocycles. The van der Waals surface area contributed by atoms with E-state index in [-0.39, 0.29) is 13.0 Å². The summed E-state index contributed by atoms with van der Waals surface area (Å²) in [6, 6.07) is 32.0. The number of hydrogen-bond acceptors (Lipinski definition) is 5. The van der Waals surface area contributed by atoms with E-state index in [0.29, 0.717) is 17.1 Å². The number of alkyl carbamates (subject to hydrolysis) is 1. The molecule has 184 valence electrons. The first-order valence-electron chi connectivity index (χ1n) is 11.3. The Morgan fingerprint density at radius 1 is 0.722 bits per heavy atom. The first kappa shape index (κ1) is 25.0. The van der Waals surface area contributed by atoms with Gasteiger partial charge in [0.25, 0.3) is 0 Å². The van der Waals surface area contributed by atoms with Gasteiger partial charge in [0.05, 0.1) is 0 Å². The Morgan fingerprint density at radius 3 is 1.75 bits per heavy atom. The third-order valence-corrected chi connectivity index (χ3v) is 7.18. The molecule has 1 N–H and O–H groups in total. The zero-order valence-corrected chi connectivity index (χ0v) is 20.2. The first-order valence-corrected chi connectivity index (χ1v) is 12.9. The summed E-state index contributed by atoms with van der Waals surface area (Å²) < 4.78 is 45.1. The summed E-state index contributed by atoms with van der Waals surface area (Å²) in [5.74, 6) is -0.943. The molecular formula is C28H25FNO5P. The molecule has 1 atom stereocenters. The van der Waals surface area contributed by atoms with Gasteiger partial charge < -0.3 is 19.1 Å². The fourth-order valence-electron chi connectivity index (χ4n) is 3.39. The van der Waals surface area contributed by atoms with Crippen molar-refractivity contribution in [2.75, 3.05) is 0 Å². The van der Waals surface area contributed by atoms with Crippen LogP contribution in [0.25, 0.3) is 0 Å². The lowest BCUT2D eigenvalue weighted by Crippen LogP contribution is -2.39. The summed E-state index contributed by atoms with van der Waals surface area (Å²) in [6.45, 7) is 0.0271. The van der Waals surface area contributed by atoms with Crippen LogP contribution in [0.4, 0.5) is 9.18 Å². The van der Waals surface area contributed by atoms with Crippen LogP contribution in [0.3, 0.4) is 0 Å². The zero-order valence-electron chi connectivity index (χ0n) is 19.3. The number of para-hydroxylation sites is 2. The number of ether oxygens (including phenoxy) is 1. The van der Waals surface area contributed by atoms with Gasteiger partial charge in [0.2, 0.25) is 0 Å². The van der Waals surface area contributed by atoms with E-state index >= 15 is 0 Å². The molecule has 0 spiro atoms. The first-order chi connectivity index (χ1) is 17.5. The lowest BCUT2D eigenvalue weighted by Gasteiger charge is -2.28. The van der Waals surface area contributed by atoms with E-state index in [1.165, 1.54) is 12.1 Å². The van der Waals surface area contributed by atoms with Crippen LogP contribution in [-0.2, 0) is 22.3 Å². The molecular weight excluding hydrogens is 480 g/mol. The number of amides is 1. The minimum absolute atomic E-state index is 0.0271. The van der Waals surface area contributed by atoms with Crippen molar-refractivity contribution in [2.24, 2.45) is 0 Å². The van der Waals surface area contributed by atoms with Crippen LogP contribution in [-0.4, -0.2) is 11.9 Å². The molecule has 0 aliphatic carbocycles. The number of nitrogens with one attached hydrogen (secondary N) is 1. The van der Waals surface area contributed by atoms with Gasteiger partial charge in [-0.2, -0.15) is 0 Å². The Hall–Kier alpha value is -4.09. The number of carbonyl (C=O) groups is 1. The van der Waals surface area contributed by atoms with Crippen molar-refractivity contribution >= 4 is 13.7 Å². The maximum atomic E-state index is 14.3. The standard InChI is InChI=1S/C28H25FNO5P/c29-24-18-16-22(17-19-24)20-27(30-28(31)33-21-23-10-4-1-5-11-23)36(32,34-25-12-6-2-7-13-25)35-26-14-8-3-9-15-26/h1-19,27H,20-21H2,(H,30,31). The molecule has 0 fully saturated rings. The van der Waals surface area contributed by atoms with Gasteiger partial charge >= 0.3 is 13.7 Å². The van der Waals surface area contributed by atoms with Crippen LogP contribution >= 0.6 is 7.60 Å². The fourth-order valence-corrected chi connectivity index (χ4v) is 5.21. The molecule has 1 amide bonds. The van der Waals surface area contributed by atoms with E-state index in [1.807, 2.05) is 30.3 Å². The molecule has 4 aromatic carbocycles. The maximum Gasteiger partial charge on any atom is 0.453 e. The van der Waals surface area contributed by atoms with Gasteiger partial charge in [-0.05, 0) is 47.5 Å². The van der Waals surface area contributed by atoms with Crippen LogP contribution in [0.2, 0.25) is 0 Å². The molecule has 4 rings (SSSR count). The highest BCUT2D eigenvalue weighted by atomic mass is 31.2. The van der Waals surface area contributed by atoms with Gasteiger partial charge in [-0.15, -0.1) is 0 Å². The highest BCUT2D eigenvalue weighted by Crippen LogP contribution is 2.53. The largest absolute Gasteiger partial charge is 0.453 e. The Bertz CT molecular complexity index is 1240. The summed E-state index contributed by atoms with van der Waals surface area (Å²) >= 11 is 0. The molecule has 0 aliphatic rings. The van der Waals surface area contributed by atoms with E-state index in [2.05, 4.69) is 5.32 Å². The maximum absolute atomic E-state index is 14.3. The van der Waals surface area contributed by atoms with Crippen LogP contribution in [0.1, 0.15) is 11.1 Å². The van der Waals surface area contributed by atoms with Gasteiger partial charge in [0, 0.05) is 6.42 Å². The quantitative estimate of drug-likeness (QED) is 0.236. The number of carbonyl (C=O) groups excluding carboxylic acids is 1. The van der Waals surface area contributed by atoms with Crippen LogP contribution < -0.4 is 14.4 Å². The highest BCUT2D eigenvalue weighted by Gasteiger charge is 2.41. The molecule has 1 unspecified atom stereocenters. The number of rotatable bonds is 10. The van der Waals surface area contributed by atoms with Gasteiger partial charge in [0.15, 0.2) is 5.78 Å². The highest BCUT2D eigenvalue weighted by molar-refractivity contribution is 7.55. The summed E-state index contributed by atoms with van der Waals surface area (Å²) in [7, 11) is -4.11. The van der Waals surface area contributed by atoms with Crippen molar-refractivity contribution in [1.82, 2.24) is 5.32 Å². The average molecular weight is 505 g/mol. The van der Waals surface area contributed by atoms with Gasteiger partial charge in [0.1, 0.15) is 23.9 Å². The molecule has 0 radical (unpaired) electrons. The van der Waals surface area contributed by atoms with Crippen molar-refractivity contribution < 1.29 is 27.5 Å². The Labute approximate surface area is 209 Å². The van der Waals surface area contributed by atoms with Crippen molar-refractivity contribution in [3.8, 4) is 11.5 Å². The molecule has 0 bridgehead atoms. The van der Waals surface area contributed by atoms with Gasteiger partial charge in [-0.1, -0.05) is 78.9 Å². The van der Waals surface area contributed by atoms with Gasteiger partial charge in [-0.25, -0.2) is 13.8 Å². The smallest absolute Gasteiger partial charge is 0.445 e. The number of benzene rings is 4. The third kappa shape index (κ3) is 7.20. The van der Waals surface area contributed by atoms with E-state index < -0.39 is 25.3 Å². The predicted molar refractivity (Wildman–Crippen MR) is 135 cm³/mol. The number of hydrogen-bond donors (Lipinski definition) is 1. The van der Waals surface area contributed by atoms with Crippen molar-refractivity contribution in [3.05, 3.63) is 132 Å². The number of halogens is 1. The fraction of sp³-hybridized carbons (Fsp3) is 0.107. The molecule has 0 heterocycles. The Kier molecular flexibility index (Phi) is 8.37.